The first-order chi connectivity index (χ1) is 12.1. The standard InChI is InChI=1S/C19H15N3O3/c1-12(23)21-14-8-6-13(7-9-14)10-17(24)15(11-20)19-22-16-4-2-3-5-18(16)25-19/h2-9,15H,10H2,1H3,(H,21,23). The predicted molar refractivity (Wildman–Crippen MR) is 91.8 cm³/mol. The van der Waals surface area contributed by atoms with E-state index in [0.717, 1.165) is 5.56 Å². The fourth-order valence-corrected chi connectivity index (χ4v) is 2.49. The van der Waals surface area contributed by atoms with Crippen molar-refractivity contribution in [2.24, 2.45) is 0 Å². The number of fused-ring (bicyclic) bond motifs is 1. The lowest BCUT2D eigenvalue weighted by molar-refractivity contribution is -0.119. The van der Waals surface area contributed by atoms with Crippen LogP contribution >= 0.6 is 0 Å². The zero-order valence-electron chi connectivity index (χ0n) is 13.5. The molecular weight excluding hydrogens is 318 g/mol. The minimum absolute atomic E-state index is 0.0807. The summed E-state index contributed by atoms with van der Waals surface area (Å²) >= 11 is 0. The van der Waals surface area contributed by atoms with Crippen LogP contribution in [0, 0.1) is 11.3 Å². The van der Waals surface area contributed by atoms with E-state index in [1.54, 1.807) is 42.5 Å². The second-order valence-corrected chi connectivity index (χ2v) is 5.60. The Hall–Kier alpha value is -3.46. The highest BCUT2D eigenvalue weighted by Crippen LogP contribution is 2.23. The normalized spacial score (nSPS) is 11.7. The highest BCUT2D eigenvalue weighted by molar-refractivity contribution is 5.90. The van der Waals surface area contributed by atoms with Gasteiger partial charge in [0.1, 0.15) is 5.52 Å². The van der Waals surface area contributed by atoms with Crippen molar-refractivity contribution in [3.63, 3.8) is 0 Å². The van der Waals surface area contributed by atoms with Gasteiger partial charge in [-0.05, 0) is 29.8 Å². The second kappa shape index (κ2) is 6.97. The van der Waals surface area contributed by atoms with E-state index in [-0.39, 0.29) is 24.0 Å². The molecule has 0 spiro atoms. The molecule has 0 fully saturated rings. The zero-order chi connectivity index (χ0) is 17.8. The van der Waals surface area contributed by atoms with Crippen molar-refractivity contribution in [1.29, 1.82) is 5.26 Å². The number of rotatable bonds is 5. The SMILES string of the molecule is CC(=O)Nc1ccc(CC(=O)C(C#N)c2nc3ccccc3o2)cc1. The Labute approximate surface area is 144 Å². The van der Waals surface area contributed by atoms with Gasteiger partial charge in [-0.25, -0.2) is 4.98 Å². The van der Waals surface area contributed by atoms with Crippen LogP contribution in [0.3, 0.4) is 0 Å². The Kier molecular flexibility index (Phi) is 4.57. The first-order valence-electron chi connectivity index (χ1n) is 7.71. The molecule has 3 rings (SSSR count). The van der Waals surface area contributed by atoms with Gasteiger partial charge in [-0.1, -0.05) is 24.3 Å². The van der Waals surface area contributed by atoms with Gasteiger partial charge in [0.25, 0.3) is 0 Å². The highest BCUT2D eigenvalue weighted by atomic mass is 16.3. The van der Waals surface area contributed by atoms with E-state index in [2.05, 4.69) is 10.3 Å². The maximum Gasteiger partial charge on any atom is 0.221 e. The van der Waals surface area contributed by atoms with Gasteiger partial charge < -0.3 is 9.73 Å². The fraction of sp³-hybridized carbons (Fsp3) is 0.158. The third-order valence-corrected chi connectivity index (χ3v) is 3.66. The highest BCUT2D eigenvalue weighted by Gasteiger charge is 2.25. The number of carbonyl (C=O) groups is 2. The van der Waals surface area contributed by atoms with Crippen molar-refractivity contribution in [2.45, 2.75) is 19.3 Å². The summed E-state index contributed by atoms with van der Waals surface area (Å²) in [5.41, 5.74) is 2.56. The molecule has 1 heterocycles. The molecule has 6 heteroatoms. The Balaban J connectivity index is 1.76. The number of nitrogens with one attached hydrogen (secondary N) is 1. The van der Waals surface area contributed by atoms with Gasteiger partial charge in [0.05, 0.1) is 6.07 Å². The lowest BCUT2D eigenvalue weighted by atomic mass is 9.99. The number of para-hydroxylation sites is 2. The van der Waals surface area contributed by atoms with Crippen LogP contribution < -0.4 is 5.32 Å². The topological polar surface area (TPSA) is 96.0 Å². The van der Waals surface area contributed by atoms with Crippen molar-refractivity contribution in [3.05, 3.63) is 60.0 Å². The van der Waals surface area contributed by atoms with Crippen LogP contribution in [-0.4, -0.2) is 16.7 Å². The molecule has 0 saturated carbocycles. The van der Waals surface area contributed by atoms with E-state index in [1.807, 2.05) is 12.1 Å². The summed E-state index contributed by atoms with van der Waals surface area (Å²) in [6.07, 6.45) is 0.0807. The van der Waals surface area contributed by atoms with Crippen LogP contribution in [0.25, 0.3) is 11.1 Å². The molecule has 124 valence electrons. The van der Waals surface area contributed by atoms with E-state index in [1.165, 1.54) is 6.92 Å². The predicted octanol–water partition coefficient (Wildman–Crippen LogP) is 3.21. The molecule has 25 heavy (non-hydrogen) atoms. The van der Waals surface area contributed by atoms with Crippen molar-refractivity contribution in [1.82, 2.24) is 4.98 Å². The number of aromatic nitrogens is 1. The Morgan fingerprint density at radius 3 is 2.56 bits per heavy atom. The monoisotopic (exact) mass is 333 g/mol. The van der Waals surface area contributed by atoms with E-state index in [4.69, 9.17) is 4.42 Å². The Morgan fingerprint density at radius 1 is 1.20 bits per heavy atom. The molecule has 1 aromatic heterocycles. The molecule has 1 atom stereocenters. The fourth-order valence-electron chi connectivity index (χ4n) is 2.49. The van der Waals surface area contributed by atoms with Gasteiger partial charge in [-0.15, -0.1) is 0 Å². The molecule has 3 aromatic rings. The van der Waals surface area contributed by atoms with Crippen molar-refractivity contribution >= 4 is 28.5 Å². The molecule has 1 amide bonds. The quantitative estimate of drug-likeness (QED) is 0.773. The molecule has 6 nitrogen and oxygen atoms in total. The van der Waals surface area contributed by atoms with Crippen molar-refractivity contribution in [3.8, 4) is 6.07 Å². The van der Waals surface area contributed by atoms with Gasteiger partial charge in [0.15, 0.2) is 17.3 Å². The Bertz CT molecular complexity index is 934. The average molecular weight is 333 g/mol. The number of anilines is 1. The van der Waals surface area contributed by atoms with Crippen LogP contribution in [0.5, 0.6) is 0 Å². The third-order valence-electron chi connectivity index (χ3n) is 3.66. The second-order valence-electron chi connectivity index (χ2n) is 5.60. The van der Waals surface area contributed by atoms with Gasteiger partial charge >= 0.3 is 0 Å². The molecule has 0 aliphatic carbocycles. The first kappa shape index (κ1) is 16.4. The maximum atomic E-state index is 12.5. The molecule has 0 saturated heterocycles. The minimum atomic E-state index is -1.05. The lowest BCUT2D eigenvalue weighted by Gasteiger charge is -2.06. The Morgan fingerprint density at radius 2 is 1.92 bits per heavy atom. The summed E-state index contributed by atoms with van der Waals surface area (Å²) < 4.78 is 5.54. The summed E-state index contributed by atoms with van der Waals surface area (Å²) in [6.45, 7) is 1.43. The van der Waals surface area contributed by atoms with Crippen LogP contribution in [0.4, 0.5) is 5.69 Å². The van der Waals surface area contributed by atoms with E-state index in [0.29, 0.717) is 16.8 Å². The molecule has 0 bridgehead atoms. The van der Waals surface area contributed by atoms with Gasteiger partial charge in [0.2, 0.25) is 11.8 Å². The lowest BCUT2D eigenvalue weighted by Crippen LogP contribution is -2.14. The molecule has 2 aromatic carbocycles. The number of Topliss-reactive ketones (excluding diaryl/α,β-unsaturated/α-hetero) is 1. The molecule has 1 unspecified atom stereocenters. The molecule has 0 radical (unpaired) electrons. The summed E-state index contributed by atoms with van der Waals surface area (Å²) in [5, 5.41) is 12.0. The number of ketones is 1. The minimum Gasteiger partial charge on any atom is -0.439 e. The number of amides is 1. The number of nitriles is 1. The molecule has 1 N–H and O–H groups in total. The van der Waals surface area contributed by atoms with Crippen LogP contribution in [0.1, 0.15) is 24.3 Å². The molecule has 0 aliphatic heterocycles. The number of nitrogens with zero attached hydrogens (tertiary/aromatic N) is 2. The van der Waals surface area contributed by atoms with Gasteiger partial charge in [-0.3, -0.25) is 9.59 Å². The smallest absolute Gasteiger partial charge is 0.221 e. The van der Waals surface area contributed by atoms with Crippen LogP contribution in [0.2, 0.25) is 0 Å². The van der Waals surface area contributed by atoms with Crippen LogP contribution in [0.15, 0.2) is 52.9 Å². The largest absolute Gasteiger partial charge is 0.439 e. The van der Waals surface area contributed by atoms with Gasteiger partial charge in [0, 0.05) is 19.0 Å². The number of hydrogen-bond acceptors (Lipinski definition) is 5. The average Bonchev–Trinajstić information content (AvgIpc) is 3.00. The zero-order valence-corrected chi connectivity index (χ0v) is 13.5. The summed E-state index contributed by atoms with van der Waals surface area (Å²) in [4.78, 5) is 27.7. The van der Waals surface area contributed by atoms with E-state index < -0.39 is 5.92 Å². The van der Waals surface area contributed by atoms with Crippen molar-refractivity contribution in [2.75, 3.05) is 5.32 Å². The number of benzene rings is 2. The summed E-state index contributed by atoms with van der Waals surface area (Å²) in [5.74, 6) is -1.39. The van der Waals surface area contributed by atoms with E-state index >= 15 is 0 Å². The molecular formula is C19H15N3O3. The number of carbonyl (C=O) groups excluding carboxylic acids is 2. The van der Waals surface area contributed by atoms with Crippen LogP contribution in [-0.2, 0) is 16.0 Å². The number of oxazole rings is 1. The maximum absolute atomic E-state index is 12.5. The van der Waals surface area contributed by atoms with Gasteiger partial charge in [-0.2, -0.15) is 5.26 Å². The first-order valence-corrected chi connectivity index (χ1v) is 7.71. The molecule has 0 aliphatic rings. The summed E-state index contributed by atoms with van der Waals surface area (Å²) in [6, 6.07) is 16.0. The number of hydrogen-bond donors (Lipinski definition) is 1. The summed E-state index contributed by atoms with van der Waals surface area (Å²) in [7, 11) is 0. The van der Waals surface area contributed by atoms with E-state index in [9.17, 15) is 14.9 Å². The third kappa shape index (κ3) is 3.72. The van der Waals surface area contributed by atoms with Crippen molar-refractivity contribution < 1.29 is 14.0 Å².